The van der Waals surface area contributed by atoms with Crippen molar-refractivity contribution in [1.82, 2.24) is 4.57 Å². The van der Waals surface area contributed by atoms with Crippen LogP contribution in [-0.4, -0.2) is 23.2 Å². The first-order chi connectivity index (χ1) is 14.9. The van der Waals surface area contributed by atoms with E-state index in [-0.39, 0.29) is 23.3 Å². The van der Waals surface area contributed by atoms with Crippen LogP contribution in [0.1, 0.15) is 67.9 Å². The quantitative estimate of drug-likeness (QED) is 0.486. The summed E-state index contributed by atoms with van der Waals surface area (Å²) >= 11 is 8.27. The van der Waals surface area contributed by atoms with Gasteiger partial charge in [0, 0.05) is 22.3 Å². The summed E-state index contributed by atoms with van der Waals surface area (Å²) < 4.78 is 13.1. The number of halogens is 1. The molecule has 7 heteroatoms. The van der Waals surface area contributed by atoms with Gasteiger partial charge in [0.15, 0.2) is 0 Å². The van der Waals surface area contributed by atoms with Crippen LogP contribution in [0.5, 0.6) is 5.75 Å². The lowest BCUT2D eigenvalue weighted by atomic mass is 10.0. The minimum Gasteiger partial charge on any atom is -0.492 e. The summed E-state index contributed by atoms with van der Waals surface area (Å²) in [6.45, 7) is 4.25. The molecule has 1 aromatic heterocycles. The molecule has 31 heavy (non-hydrogen) atoms. The van der Waals surface area contributed by atoms with Crippen molar-refractivity contribution >= 4 is 29.3 Å². The van der Waals surface area contributed by atoms with Crippen molar-refractivity contribution in [2.24, 2.45) is 5.92 Å². The lowest BCUT2D eigenvalue weighted by molar-refractivity contribution is 0.0375. The number of fused-ring (bicyclic) bond motifs is 3. The van der Waals surface area contributed by atoms with Crippen LogP contribution in [0.25, 0.3) is 11.3 Å². The first-order valence-corrected chi connectivity index (χ1v) is 12.4. The van der Waals surface area contributed by atoms with Crippen molar-refractivity contribution in [2.75, 3.05) is 6.61 Å². The fourth-order valence-corrected chi connectivity index (χ4v) is 5.31. The molecule has 1 aromatic carbocycles. The second-order valence-electron chi connectivity index (χ2n) is 8.94. The van der Waals surface area contributed by atoms with Crippen molar-refractivity contribution in [3.8, 4) is 17.0 Å². The SMILES string of the molecule is CC(C)OC(=O)c1cc2c(n(C3CC3)c1=O)-c1cc(Cl)c(OCCC3CC3)cc1SC2. The maximum absolute atomic E-state index is 13.3. The van der Waals surface area contributed by atoms with Crippen molar-refractivity contribution in [3.05, 3.63) is 44.7 Å². The maximum Gasteiger partial charge on any atom is 0.344 e. The Balaban J connectivity index is 1.55. The normalized spacial score (nSPS) is 17.3. The molecular formula is C24H26ClNO4S. The zero-order valence-corrected chi connectivity index (χ0v) is 19.4. The number of benzene rings is 1. The third-order valence-corrected chi connectivity index (χ3v) is 7.34. The van der Waals surface area contributed by atoms with E-state index in [2.05, 4.69) is 0 Å². The summed E-state index contributed by atoms with van der Waals surface area (Å²) in [5, 5.41) is 0.557. The van der Waals surface area contributed by atoms with Gasteiger partial charge in [-0.05, 0) is 62.8 Å². The van der Waals surface area contributed by atoms with Gasteiger partial charge >= 0.3 is 5.97 Å². The smallest absolute Gasteiger partial charge is 0.344 e. The molecule has 1 aliphatic heterocycles. The standard InChI is InChI=1S/C24H26ClNO4S/c1-13(2)30-24(28)18-9-15-12-31-21-11-20(29-8-7-14-3-4-14)19(25)10-17(21)22(15)26(23(18)27)16-5-6-16/h9-11,13-14,16H,3-8,12H2,1-2H3. The van der Waals surface area contributed by atoms with Gasteiger partial charge in [-0.1, -0.05) is 24.4 Å². The topological polar surface area (TPSA) is 57.5 Å². The summed E-state index contributed by atoms with van der Waals surface area (Å²) in [7, 11) is 0. The van der Waals surface area contributed by atoms with Crippen LogP contribution in [0, 0.1) is 5.92 Å². The number of hydrogen-bond donors (Lipinski definition) is 0. The third kappa shape index (κ3) is 4.24. The molecule has 0 unspecified atom stereocenters. The maximum atomic E-state index is 13.3. The highest BCUT2D eigenvalue weighted by Gasteiger charge is 2.34. The Morgan fingerprint density at radius 1 is 1.23 bits per heavy atom. The Kier molecular flexibility index (Phi) is 5.55. The van der Waals surface area contributed by atoms with E-state index in [1.807, 2.05) is 12.1 Å². The van der Waals surface area contributed by atoms with Crippen LogP contribution < -0.4 is 10.3 Å². The highest BCUT2D eigenvalue weighted by Crippen LogP contribution is 2.48. The molecule has 0 N–H and O–H groups in total. The fraction of sp³-hybridized carbons (Fsp3) is 0.500. The Morgan fingerprint density at radius 3 is 2.68 bits per heavy atom. The molecule has 5 rings (SSSR count). The van der Waals surface area contributed by atoms with Gasteiger partial charge in [0.1, 0.15) is 11.3 Å². The molecule has 2 fully saturated rings. The van der Waals surface area contributed by atoms with Crippen molar-refractivity contribution < 1.29 is 14.3 Å². The molecule has 0 radical (unpaired) electrons. The molecule has 2 aliphatic carbocycles. The molecule has 5 nitrogen and oxygen atoms in total. The monoisotopic (exact) mass is 459 g/mol. The Bertz CT molecular complexity index is 1100. The number of carbonyl (C=O) groups is 1. The van der Waals surface area contributed by atoms with E-state index >= 15 is 0 Å². The van der Waals surface area contributed by atoms with E-state index in [1.165, 1.54) is 12.8 Å². The molecule has 0 spiro atoms. The molecule has 0 bridgehead atoms. The summed E-state index contributed by atoms with van der Waals surface area (Å²) in [6, 6.07) is 5.75. The van der Waals surface area contributed by atoms with Crippen LogP contribution in [0.4, 0.5) is 0 Å². The van der Waals surface area contributed by atoms with E-state index in [0.29, 0.717) is 23.1 Å². The molecule has 3 aliphatic rings. The summed E-state index contributed by atoms with van der Waals surface area (Å²) in [5.41, 5.74) is 2.64. The van der Waals surface area contributed by atoms with Crippen LogP contribution in [-0.2, 0) is 10.5 Å². The van der Waals surface area contributed by atoms with E-state index in [0.717, 1.165) is 46.9 Å². The Hall–Kier alpha value is -1.92. The van der Waals surface area contributed by atoms with Crippen LogP contribution in [0.3, 0.4) is 0 Å². The first-order valence-electron chi connectivity index (χ1n) is 11.0. The summed E-state index contributed by atoms with van der Waals surface area (Å²) in [4.78, 5) is 26.9. The number of esters is 1. The molecule has 0 saturated heterocycles. The highest BCUT2D eigenvalue weighted by molar-refractivity contribution is 7.98. The predicted octanol–water partition coefficient (Wildman–Crippen LogP) is 5.85. The third-order valence-electron chi connectivity index (χ3n) is 5.94. The summed E-state index contributed by atoms with van der Waals surface area (Å²) in [5.74, 6) is 1.64. The average molecular weight is 460 g/mol. The Morgan fingerprint density at radius 2 is 2.00 bits per heavy atom. The van der Waals surface area contributed by atoms with Crippen LogP contribution in [0.15, 0.2) is 27.9 Å². The molecule has 2 heterocycles. The van der Waals surface area contributed by atoms with Crippen LogP contribution in [0.2, 0.25) is 5.02 Å². The van der Waals surface area contributed by atoms with E-state index < -0.39 is 5.97 Å². The zero-order valence-electron chi connectivity index (χ0n) is 17.8. The molecule has 0 atom stereocenters. The number of hydrogen-bond acceptors (Lipinski definition) is 5. The number of aromatic nitrogens is 1. The minimum absolute atomic E-state index is 0.120. The lowest BCUT2D eigenvalue weighted by Crippen LogP contribution is -2.30. The zero-order chi connectivity index (χ0) is 21.7. The van der Waals surface area contributed by atoms with Crippen LogP contribution >= 0.6 is 23.4 Å². The van der Waals surface area contributed by atoms with Gasteiger partial charge < -0.3 is 14.0 Å². The minimum atomic E-state index is -0.551. The number of thioether (sulfide) groups is 1. The first kappa shape index (κ1) is 21.0. The predicted molar refractivity (Wildman–Crippen MR) is 122 cm³/mol. The highest BCUT2D eigenvalue weighted by atomic mass is 35.5. The van der Waals surface area contributed by atoms with Gasteiger partial charge in [-0.3, -0.25) is 4.79 Å². The van der Waals surface area contributed by atoms with E-state index in [9.17, 15) is 9.59 Å². The van der Waals surface area contributed by atoms with E-state index in [4.69, 9.17) is 21.1 Å². The number of ether oxygens (including phenoxy) is 2. The summed E-state index contributed by atoms with van der Waals surface area (Å²) in [6.07, 6.45) is 5.28. The largest absolute Gasteiger partial charge is 0.492 e. The van der Waals surface area contributed by atoms with Crippen molar-refractivity contribution in [3.63, 3.8) is 0 Å². The van der Waals surface area contributed by atoms with Crippen molar-refractivity contribution in [1.29, 1.82) is 0 Å². The molecule has 0 amide bonds. The number of carbonyl (C=O) groups excluding carboxylic acids is 1. The second-order valence-corrected chi connectivity index (χ2v) is 10.4. The van der Waals surface area contributed by atoms with Crippen molar-refractivity contribution in [2.45, 2.75) is 68.7 Å². The second kappa shape index (κ2) is 8.21. The van der Waals surface area contributed by atoms with Gasteiger partial charge in [-0.25, -0.2) is 4.79 Å². The van der Waals surface area contributed by atoms with Gasteiger partial charge in [0.25, 0.3) is 5.56 Å². The lowest BCUT2D eigenvalue weighted by Gasteiger charge is -2.25. The number of nitrogens with zero attached hydrogens (tertiary/aromatic N) is 1. The molecular weight excluding hydrogens is 434 g/mol. The number of rotatable bonds is 7. The molecule has 164 valence electrons. The van der Waals surface area contributed by atoms with Gasteiger partial charge in [0.2, 0.25) is 0 Å². The average Bonchev–Trinajstić information content (AvgIpc) is 3.62. The fourth-order valence-electron chi connectivity index (χ4n) is 4.06. The molecule has 2 saturated carbocycles. The van der Waals surface area contributed by atoms with E-state index in [1.54, 1.807) is 36.2 Å². The molecule has 2 aromatic rings. The Labute approximate surface area is 191 Å². The van der Waals surface area contributed by atoms with Gasteiger partial charge in [0.05, 0.1) is 23.4 Å². The van der Waals surface area contributed by atoms with Gasteiger partial charge in [-0.15, -0.1) is 11.8 Å². The number of pyridine rings is 1. The van der Waals surface area contributed by atoms with Gasteiger partial charge in [-0.2, -0.15) is 0 Å².